The fourth-order valence-corrected chi connectivity index (χ4v) is 4.13. The van der Waals surface area contributed by atoms with E-state index in [4.69, 9.17) is 9.97 Å². The summed E-state index contributed by atoms with van der Waals surface area (Å²) in [7, 11) is 2.10. The maximum atomic E-state index is 4.89. The normalized spacial score (nSPS) is 18.5. The molecule has 1 aromatic carbocycles. The van der Waals surface area contributed by atoms with Crippen molar-refractivity contribution in [2.45, 2.75) is 51.9 Å². The Balaban J connectivity index is 1.50. The minimum Gasteiger partial charge on any atom is -0.331 e. The molecule has 1 fully saturated rings. The van der Waals surface area contributed by atoms with Gasteiger partial charge in [-0.3, -0.25) is 0 Å². The van der Waals surface area contributed by atoms with E-state index in [2.05, 4.69) is 64.8 Å². The second-order valence-electron chi connectivity index (χ2n) is 7.73. The van der Waals surface area contributed by atoms with Crippen molar-refractivity contribution in [1.29, 1.82) is 0 Å². The number of hydrogen-bond acceptors (Lipinski definition) is 5. The zero-order valence-corrected chi connectivity index (χ0v) is 17.3. The highest BCUT2D eigenvalue weighted by Gasteiger charge is 2.44. The van der Waals surface area contributed by atoms with E-state index in [0.29, 0.717) is 11.8 Å². The molecule has 0 aliphatic heterocycles. The van der Waals surface area contributed by atoms with Crippen molar-refractivity contribution < 1.29 is 0 Å². The molecule has 1 aliphatic rings. The van der Waals surface area contributed by atoms with Gasteiger partial charge in [-0.2, -0.15) is 4.68 Å². The molecule has 7 nitrogen and oxygen atoms in total. The van der Waals surface area contributed by atoms with Crippen molar-refractivity contribution in [3.8, 4) is 5.82 Å². The second kappa shape index (κ2) is 6.76. The van der Waals surface area contributed by atoms with E-state index in [1.165, 1.54) is 5.52 Å². The highest BCUT2D eigenvalue weighted by atomic mass is 15.4. The van der Waals surface area contributed by atoms with Crippen LogP contribution in [-0.2, 0) is 19.9 Å². The molecule has 7 heteroatoms. The molecule has 148 valence electrons. The molecule has 1 saturated carbocycles. The van der Waals surface area contributed by atoms with Crippen LogP contribution >= 0.6 is 0 Å². The maximum Gasteiger partial charge on any atom is 0.159 e. The van der Waals surface area contributed by atoms with E-state index < -0.39 is 0 Å². The van der Waals surface area contributed by atoms with Gasteiger partial charge in [-0.05, 0) is 25.5 Å². The van der Waals surface area contributed by atoms with Crippen LogP contribution in [0.3, 0.4) is 0 Å². The van der Waals surface area contributed by atoms with Gasteiger partial charge in [0.15, 0.2) is 11.6 Å². The van der Waals surface area contributed by atoms with Gasteiger partial charge in [0, 0.05) is 37.8 Å². The first-order valence-electron chi connectivity index (χ1n) is 10.3. The van der Waals surface area contributed by atoms with Crippen LogP contribution < -0.4 is 0 Å². The first-order chi connectivity index (χ1) is 14.1. The predicted octanol–water partition coefficient (Wildman–Crippen LogP) is 3.65. The van der Waals surface area contributed by atoms with E-state index >= 15 is 0 Å². The van der Waals surface area contributed by atoms with Crippen molar-refractivity contribution in [3.63, 3.8) is 0 Å². The molecule has 0 N–H and O–H groups in total. The molecule has 0 spiro atoms. The Kier molecular flexibility index (Phi) is 4.19. The zero-order valence-electron chi connectivity index (χ0n) is 17.3. The molecule has 5 rings (SSSR count). The Hall–Kier alpha value is -3.09. The van der Waals surface area contributed by atoms with Crippen LogP contribution in [-0.4, -0.2) is 34.3 Å². The van der Waals surface area contributed by atoms with E-state index in [1.807, 2.05) is 17.7 Å². The fourth-order valence-electron chi connectivity index (χ4n) is 4.13. The Bertz CT molecular complexity index is 1200. The minimum atomic E-state index is 0.366. The molecule has 3 aromatic heterocycles. The topological polar surface area (TPSA) is 74.3 Å². The minimum absolute atomic E-state index is 0.366. The Morgan fingerprint density at radius 1 is 1.00 bits per heavy atom. The smallest absolute Gasteiger partial charge is 0.159 e. The second-order valence-corrected chi connectivity index (χ2v) is 7.73. The van der Waals surface area contributed by atoms with Crippen LogP contribution in [0.5, 0.6) is 0 Å². The van der Waals surface area contributed by atoms with Gasteiger partial charge in [0.25, 0.3) is 0 Å². The SMILES string of the molecule is CCc1nc(CC)n(-c2cc(C3CC3c3nc4ccccc4n3C)nc(C)n2)n1. The summed E-state index contributed by atoms with van der Waals surface area (Å²) in [4.78, 5) is 18.9. The van der Waals surface area contributed by atoms with Crippen molar-refractivity contribution >= 4 is 11.0 Å². The molecule has 2 unspecified atom stereocenters. The Morgan fingerprint density at radius 3 is 2.59 bits per heavy atom. The zero-order chi connectivity index (χ0) is 20.1. The highest BCUT2D eigenvalue weighted by molar-refractivity contribution is 5.76. The maximum absolute atomic E-state index is 4.89. The number of fused-ring (bicyclic) bond motifs is 1. The average Bonchev–Trinajstić information content (AvgIpc) is 3.30. The molecule has 0 bridgehead atoms. The van der Waals surface area contributed by atoms with Crippen LogP contribution in [0.4, 0.5) is 0 Å². The monoisotopic (exact) mass is 387 g/mol. The number of aryl methyl sites for hydroxylation is 4. The summed E-state index contributed by atoms with van der Waals surface area (Å²) >= 11 is 0. The number of imidazole rings is 1. The number of benzene rings is 1. The van der Waals surface area contributed by atoms with E-state index in [1.54, 1.807) is 0 Å². The average molecular weight is 387 g/mol. The quantitative estimate of drug-likeness (QED) is 0.523. The highest BCUT2D eigenvalue weighted by Crippen LogP contribution is 2.54. The van der Waals surface area contributed by atoms with Gasteiger partial charge >= 0.3 is 0 Å². The number of rotatable bonds is 5. The first-order valence-corrected chi connectivity index (χ1v) is 10.3. The summed E-state index contributed by atoms with van der Waals surface area (Å²) in [6, 6.07) is 10.4. The summed E-state index contributed by atoms with van der Waals surface area (Å²) in [6.07, 6.45) is 2.69. The van der Waals surface area contributed by atoms with Gasteiger partial charge in [-0.25, -0.2) is 19.9 Å². The predicted molar refractivity (Wildman–Crippen MR) is 111 cm³/mol. The van der Waals surface area contributed by atoms with E-state index in [9.17, 15) is 0 Å². The molecule has 29 heavy (non-hydrogen) atoms. The molecular formula is C22H25N7. The van der Waals surface area contributed by atoms with Gasteiger partial charge < -0.3 is 4.57 Å². The lowest BCUT2D eigenvalue weighted by Crippen LogP contribution is -2.08. The summed E-state index contributed by atoms with van der Waals surface area (Å²) in [5.74, 6) is 5.26. The van der Waals surface area contributed by atoms with Gasteiger partial charge in [-0.1, -0.05) is 26.0 Å². The van der Waals surface area contributed by atoms with Gasteiger partial charge in [0.1, 0.15) is 17.5 Å². The van der Waals surface area contributed by atoms with Crippen LogP contribution in [0.2, 0.25) is 0 Å². The fraction of sp³-hybridized carbons (Fsp3) is 0.409. The van der Waals surface area contributed by atoms with Gasteiger partial charge in [0.2, 0.25) is 0 Å². The molecular weight excluding hydrogens is 362 g/mol. The molecule has 0 radical (unpaired) electrons. The Morgan fingerprint density at radius 2 is 1.83 bits per heavy atom. The molecule has 4 aromatic rings. The number of nitrogens with zero attached hydrogens (tertiary/aromatic N) is 7. The summed E-state index contributed by atoms with van der Waals surface area (Å²) in [5.41, 5.74) is 3.30. The van der Waals surface area contributed by atoms with E-state index in [-0.39, 0.29) is 0 Å². The van der Waals surface area contributed by atoms with Gasteiger partial charge in [0.05, 0.1) is 16.7 Å². The van der Waals surface area contributed by atoms with Crippen molar-refractivity contribution in [2.75, 3.05) is 0 Å². The third-order valence-corrected chi connectivity index (χ3v) is 5.74. The molecule has 0 saturated heterocycles. The van der Waals surface area contributed by atoms with Crippen LogP contribution in [0.25, 0.3) is 16.9 Å². The number of hydrogen-bond donors (Lipinski definition) is 0. The number of aromatic nitrogens is 7. The van der Waals surface area contributed by atoms with Crippen LogP contribution in [0, 0.1) is 6.92 Å². The summed E-state index contributed by atoms with van der Waals surface area (Å²) in [5, 5.41) is 4.65. The number of para-hydroxylation sites is 2. The Labute approximate surface area is 169 Å². The molecule has 3 heterocycles. The summed E-state index contributed by atoms with van der Waals surface area (Å²) in [6.45, 7) is 6.11. The lowest BCUT2D eigenvalue weighted by atomic mass is 10.2. The van der Waals surface area contributed by atoms with Crippen molar-refractivity contribution in [1.82, 2.24) is 34.3 Å². The lowest BCUT2D eigenvalue weighted by molar-refractivity contribution is 0.748. The van der Waals surface area contributed by atoms with Crippen LogP contribution in [0.1, 0.15) is 61.1 Å². The largest absolute Gasteiger partial charge is 0.331 e. The van der Waals surface area contributed by atoms with Crippen molar-refractivity contribution in [2.24, 2.45) is 7.05 Å². The summed E-state index contributed by atoms with van der Waals surface area (Å²) < 4.78 is 4.10. The van der Waals surface area contributed by atoms with Gasteiger partial charge in [-0.15, -0.1) is 5.10 Å². The third-order valence-electron chi connectivity index (χ3n) is 5.74. The van der Waals surface area contributed by atoms with E-state index in [0.717, 1.165) is 59.6 Å². The first kappa shape index (κ1) is 18.0. The molecule has 2 atom stereocenters. The lowest BCUT2D eigenvalue weighted by Gasteiger charge is -2.08. The van der Waals surface area contributed by atoms with Crippen LogP contribution in [0.15, 0.2) is 30.3 Å². The molecule has 1 aliphatic carbocycles. The molecule has 0 amide bonds. The third kappa shape index (κ3) is 3.01. The standard InChI is InChI=1S/C22H25N7/c1-5-19-26-20(6-2)29(27-19)21-12-17(23-13(3)24-21)14-11-15(14)22-25-16-9-7-8-10-18(16)28(22)4/h7-10,12,14-15H,5-6,11H2,1-4H3. The van der Waals surface area contributed by atoms with Crippen molar-refractivity contribution in [3.05, 3.63) is 59.3 Å².